The Hall–Kier alpha value is -0.690. The fourth-order valence-electron chi connectivity index (χ4n) is 1.99. The molecule has 0 aliphatic rings. The van der Waals surface area contributed by atoms with E-state index in [-0.39, 0.29) is 5.91 Å². The Morgan fingerprint density at radius 1 is 0.952 bits per heavy atom. The largest absolute Gasteiger partial charge is 0.338 e. The summed E-state index contributed by atoms with van der Waals surface area (Å²) in [6.07, 6.45) is 5.00. The minimum atomic E-state index is 0.124. The van der Waals surface area contributed by atoms with Crippen LogP contribution in [0.3, 0.4) is 0 Å². The van der Waals surface area contributed by atoms with Crippen molar-refractivity contribution in [2.45, 2.75) is 46.0 Å². The van der Waals surface area contributed by atoms with Crippen molar-refractivity contribution >= 4 is 5.91 Å². The summed E-state index contributed by atoms with van der Waals surface area (Å²) in [6.45, 7) is 6.12. The van der Waals surface area contributed by atoms with E-state index in [0.717, 1.165) is 18.8 Å². The summed E-state index contributed by atoms with van der Waals surface area (Å²) in [5.74, 6) is 0.855. The SMILES string of the molecule is COOCCN(CCOOC)C(=O)CCCCCC(C)C. The van der Waals surface area contributed by atoms with Crippen LogP contribution in [0.5, 0.6) is 0 Å². The van der Waals surface area contributed by atoms with Crippen LogP contribution >= 0.6 is 0 Å². The Labute approximate surface area is 128 Å². The second kappa shape index (κ2) is 14.3. The highest BCUT2D eigenvalue weighted by molar-refractivity contribution is 5.76. The van der Waals surface area contributed by atoms with E-state index in [4.69, 9.17) is 9.78 Å². The highest BCUT2D eigenvalue weighted by atomic mass is 17.2. The molecule has 0 unspecified atom stereocenters. The van der Waals surface area contributed by atoms with Crippen molar-refractivity contribution < 1.29 is 24.3 Å². The molecule has 0 spiro atoms. The average molecular weight is 305 g/mol. The van der Waals surface area contributed by atoms with Crippen molar-refractivity contribution in [3.63, 3.8) is 0 Å². The van der Waals surface area contributed by atoms with Gasteiger partial charge in [0.2, 0.25) is 5.91 Å². The topological polar surface area (TPSA) is 57.2 Å². The Bertz CT molecular complexity index is 238. The zero-order valence-corrected chi connectivity index (χ0v) is 13.9. The molecule has 0 fully saturated rings. The van der Waals surface area contributed by atoms with Gasteiger partial charge in [0.25, 0.3) is 0 Å². The maximum atomic E-state index is 12.2. The van der Waals surface area contributed by atoms with Gasteiger partial charge in [-0.15, -0.1) is 0 Å². The van der Waals surface area contributed by atoms with Gasteiger partial charge in [0.05, 0.1) is 27.4 Å². The van der Waals surface area contributed by atoms with Crippen LogP contribution < -0.4 is 0 Å². The summed E-state index contributed by atoms with van der Waals surface area (Å²) < 4.78 is 0. The van der Waals surface area contributed by atoms with Crippen LogP contribution in [-0.2, 0) is 24.3 Å². The number of hydrogen-bond acceptors (Lipinski definition) is 5. The van der Waals surface area contributed by atoms with Gasteiger partial charge in [0, 0.05) is 19.5 Å². The lowest BCUT2D eigenvalue weighted by Crippen LogP contribution is -2.36. The number of amides is 1. The molecule has 6 heteroatoms. The van der Waals surface area contributed by atoms with Crippen molar-refractivity contribution in [2.24, 2.45) is 5.92 Å². The van der Waals surface area contributed by atoms with E-state index in [1.807, 2.05) is 0 Å². The van der Waals surface area contributed by atoms with E-state index >= 15 is 0 Å². The molecular formula is C15H31NO5. The molecule has 0 aromatic rings. The van der Waals surface area contributed by atoms with Crippen molar-refractivity contribution in [1.82, 2.24) is 4.90 Å². The van der Waals surface area contributed by atoms with Gasteiger partial charge in [-0.2, -0.15) is 0 Å². The van der Waals surface area contributed by atoms with Crippen molar-refractivity contribution in [3.05, 3.63) is 0 Å². The molecule has 0 aromatic heterocycles. The molecule has 0 saturated carbocycles. The normalized spacial score (nSPS) is 11.1. The van der Waals surface area contributed by atoms with E-state index in [1.54, 1.807) is 4.90 Å². The summed E-state index contributed by atoms with van der Waals surface area (Å²) in [5, 5.41) is 0. The quantitative estimate of drug-likeness (QED) is 0.280. The Morgan fingerprint density at radius 2 is 1.52 bits per heavy atom. The molecule has 0 heterocycles. The van der Waals surface area contributed by atoms with Gasteiger partial charge in [0.15, 0.2) is 0 Å². The van der Waals surface area contributed by atoms with Gasteiger partial charge in [-0.05, 0) is 12.3 Å². The molecule has 0 saturated heterocycles. The van der Waals surface area contributed by atoms with Crippen LogP contribution in [0.2, 0.25) is 0 Å². The van der Waals surface area contributed by atoms with Gasteiger partial charge in [-0.25, -0.2) is 19.6 Å². The van der Waals surface area contributed by atoms with E-state index < -0.39 is 0 Å². The first-order chi connectivity index (χ1) is 10.1. The monoisotopic (exact) mass is 305 g/mol. The third kappa shape index (κ3) is 12.7. The summed E-state index contributed by atoms with van der Waals surface area (Å²) in [4.78, 5) is 32.6. The Morgan fingerprint density at radius 3 is 2.00 bits per heavy atom. The maximum Gasteiger partial charge on any atom is 0.222 e. The zero-order chi connectivity index (χ0) is 15.9. The summed E-state index contributed by atoms with van der Waals surface area (Å²) in [6, 6.07) is 0. The molecule has 6 nitrogen and oxygen atoms in total. The highest BCUT2D eigenvalue weighted by Gasteiger charge is 2.13. The lowest BCUT2D eigenvalue weighted by atomic mass is 10.0. The van der Waals surface area contributed by atoms with Crippen LogP contribution in [0.4, 0.5) is 0 Å². The molecule has 0 aliphatic carbocycles. The molecule has 0 atom stereocenters. The van der Waals surface area contributed by atoms with E-state index in [1.165, 1.54) is 27.1 Å². The molecule has 0 bridgehead atoms. The minimum absolute atomic E-state index is 0.124. The summed E-state index contributed by atoms with van der Waals surface area (Å²) in [7, 11) is 2.91. The molecule has 0 rings (SSSR count). The lowest BCUT2D eigenvalue weighted by molar-refractivity contribution is -0.279. The molecule has 0 aromatic carbocycles. The molecular weight excluding hydrogens is 274 g/mol. The van der Waals surface area contributed by atoms with Crippen LogP contribution in [0, 0.1) is 5.92 Å². The molecule has 0 aliphatic heterocycles. The first kappa shape index (κ1) is 20.3. The van der Waals surface area contributed by atoms with Gasteiger partial charge < -0.3 is 4.90 Å². The fraction of sp³-hybridized carbons (Fsp3) is 0.933. The first-order valence-corrected chi connectivity index (χ1v) is 7.70. The van der Waals surface area contributed by atoms with Gasteiger partial charge in [0.1, 0.15) is 0 Å². The van der Waals surface area contributed by atoms with Gasteiger partial charge in [-0.1, -0.05) is 33.1 Å². The third-order valence-electron chi connectivity index (χ3n) is 3.15. The van der Waals surface area contributed by atoms with Gasteiger partial charge in [-0.3, -0.25) is 4.79 Å². The Balaban J connectivity index is 3.92. The lowest BCUT2D eigenvalue weighted by Gasteiger charge is -2.22. The van der Waals surface area contributed by atoms with Crippen LogP contribution in [0.1, 0.15) is 46.0 Å². The second-order valence-electron chi connectivity index (χ2n) is 5.35. The predicted molar refractivity (Wildman–Crippen MR) is 80.4 cm³/mol. The number of rotatable bonds is 14. The Kier molecular flexibility index (Phi) is 13.8. The minimum Gasteiger partial charge on any atom is -0.338 e. The standard InChI is InChI=1S/C15H31NO5/c1-14(2)8-6-5-7-9-15(17)16(10-12-20-18-3)11-13-21-19-4/h14H,5-13H2,1-4H3. The molecule has 1 amide bonds. The third-order valence-corrected chi connectivity index (χ3v) is 3.15. The van der Waals surface area contributed by atoms with Crippen molar-refractivity contribution in [2.75, 3.05) is 40.5 Å². The fourth-order valence-corrected chi connectivity index (χ4v) is 1.99. The van der Waals surface area contributed by atoms with Crippen molar-refractivity contribution in [1.29, 1.82) is 0 Å². The second-order valence-corrected chi connectivity index (χ2v) is 5.35. The number of unbranched alkanes of at least 4 members (excludes halogenated alkanes) is 2. The van der Waals surface area contributed by atoms with Gasteiger partial charge >= 0.3 is 0 Å². The smallest absolute Gasteiger partial charge is 0.222 e. The zero-order valence-electron chi connectivity index (χ0n) is 13.9. The predicted octanol–water partition coefficient (Wildman–Crippen LogP) is 2.58. The van der Waals surface area contributed by atoms with Crippen LogP contribution in [0.25, 0.3) is 0 Å². The average Bonchev–Trinajstić information content (AvgIpc) is 2.45. The molecule has 0 N–H and O–H groups in total. The maximum absolute atomic E-state index is 12.2. The van der Waals surface area contributed by atoms with E-state index in [2.05, 4.69) is 23.6 Å². The number of carbonyl (C=O) groups excluding carboxylic acids is 1. The molecule has 126 valence electrons. The van der Waals surface area contributed by atoms with E-state index in [9.17, 15) is 4.79 Å². The number of hydrogen-bond donors (Lipinski definition) is 0. The number of nitrogens with zero attached hydrogens (tertiary/aromatic N) is 1. The van der Waals surface area contributed by atoms with Crippen LogP contribution in [-0.4, -0.2) is 51.3 Å². The van der Waals surface area contributed by atoms with E-state index in [0.29, 0.717) is 32.7 Å². The molecule has 0 radical (unpaired) electrons. The molecule has 21 heavy (non-hydrogen) atoms. The van der Waals surface area contributed by atoms with Crippen LogP contribution in [0.15, 0.2) is 0 Å². The first-order valence-electron chi connectivity index (χ1n) is 7.70. The number of carbonyl (C=O) groups is 1. The van der Waals surface area contributed by atoms with Crippen molar-refractivity contribution in [3.8, 4) is 0 Å². The summed E-state index contributed by atoms with van der Waals surface area (Å²) >= 11 is 0. The summed E-state index contributed by atoms with van der Waals surface area (Å²) in [5.41, 5.74) is 0. The highest BCUT2D eigenvalue weighted by Crippen LogP contribution is 2.10.